The highest BCUT2D eigenvalue weighted by atomic mass is 79.9. The van der Waals surface area contributed by atoms with Crippen molar-refractivity contribution in [2.24, 2.45) is 5.73 Å². The van der Waals surface area contributed by atoms with Crippen LogP contribution in [0.3, 0.4) is 0 Å². The Morgan fingerprint density at radius 3 is 2.41 bits per heavy atom. The van der Waals surface area contributed by atoms with Gasteiger partial charge in [0.2, 0.25) is 0 Å². The average Bonchev–Trinajstić information content (AvgIpc) is 2.29. The first-order valence-corrected chi connectivity index (χ1v) is 6.46. The molecule has 0 amide bonds. The van der Waals surface area contributed by atoms with Crippen molar-refractivity contribution >= 4 is 15.9 Å². The number of rotatable bonds is 3. The highest BCUT2D eigenvalue weighted by molar-refractivity contribution is 9.10. The molecule has 17 heavy (non-hydrogen) atoms. The summed E-state index contributed by atoms with van der Waals surface area (Å²) >= 11 is 3.49. The first kappa shape index (κ1) is 12.3. The molecular formula is C15H16BrN. The van der Waals surface area contributed by atoms with E-state index in [1.165, 1.54) is 11.1 Å². The highest BCUT2D eigenvalue weighted by Crippen LogP contribution is 2.23. The van der Waals surface area contributed by atoms with Crippen LogP contribution < -0.4 is 5.73 Å². The van der Waals surface area contributed by atoms with E-state index in [9.17, 15) is 0 Å². The van der Waals surface area contributed by atoms with Gasteiger partial charge in [-0.05, 0) is 36.6 Å². The predicted molar refractivity (Wildman–Crippen MR) is 75.8 cm³/mol. The molecule has 2 aromatic rings. The quantitative estimate of drug-likeness (QED) is 0.912. The maximum Gasteiger partial charge on any atom is 0.0421 e. The van der Waals surface area contributed by atoms with Gasteiger partial charge in [0.25, 0.3) is 0 Å². The zero-order valence-electron chi connectivity index (χ0n) is 9.86. The molecule has 0 unspecified atom stereocenters. The van der Waals surface area contributed by atoms with Crippen LogP contribution in [0, 0.1) is 0 Å². The summed E-state index contributed by atoms with van der Waals surface area (Å²) in [4.78, 5) is 0. The van der Waals surface area contributed by atoms with Crippen molar-refractivity contribution in [1.29, 1.82) is 0 Å². The van der Waals surface area contributed by atoms with Gasteiger partial charge in [-0.3, -0.25) is 0 Å². The largest absolute Gasteiger partial charge is 0.321 e. The van der Waals surface area contributed by atoms with E-state index in [2.05, 4.69) is 47.1 Å². The van der Waals surface area contributed by atoms with Crippen LogP contribution in [-0.4, -0.2) is 0 Å². The molecule has 0 bridgehead atoms. The van der Waals surface area contributed by atoms with Gasteiger partial charge in [0.1, 0.15) is 0 Å². The van der Waals surface area contributed by atoms with Crippen LogP contribution >= 0.6 is 15.9 Å². The van der Waals surface area contributed by atoms with Gasteiger partial charge < -0.3 is 5.73 Å². The zero-order chi connectivity index (χ0) is 12.3. The topological polar surface area (TPSA) is 26.0 Å². The molecule has 2 rings (SSSR count). The third-order valence-electron chi connectivity index (χ3n) is 2.89. The van der Waals surface area contributed by atoms with Crippen LogP contribution in [0.1, 0.15) is 18.1 Å². The summed E-state index contributed by atoms with van der Waals surface area (Å²) < 4.78 is 1.10. The number of nitrogens with two attached hydrogens (primary N) is 1. The minimum atomic E-state index is -0.331. The Balaban J connectivity index is 2.23. The van der Waals surface area contributed by atoms with Gasteiger partial charge in [-0.1, -0.05) is 58.4 Å². The molecule has 0 fully saturated rings. The molecule has 0 spiro atoms. The van der Waals surface area contributed by atoms with Crippen molar-refractivity contribution in [3.8, 4) is 0 Å². The number of hydrogen-bond acceptors (Lipinski definition) is 1. The van der Waals surface area contributed by atoms with Gasteiger partial charge in [-0.15, -0.1) is 0 Å². The number of halogens is 1. The lowest BCUT2D eigenvalue weighted by atomic mass is 9.87. The SMILES string of the molecule is C[C@](N)(Cc1cccc(Br)c1)c1ccccc1. The first-order chi connectivity index (χ1) is 8.08. The van der Waals surface area contributed by atoms with E-state index < -0.39 is 0 Å². The summed E-state index contributed by atoms with van der Waals surface area (Å²) in [5.74, 6) is 0. The van der Waals surface area contributed by atoms with E-state index in [1.54, 1.807) is 0 Å². The molecule has 0 saturated carbocycles. The second-order valence-corrected chi connectivity index (χ2v) is 5.51. The number of hydrogen-bond donors (Lipinski definition) is 1. The minimum Gasteiger partial charge on any atom is -0.321 e. The molecule has 0 heterocycles. The monoisotopic (exact) mass is 289 g/mol. The Morgan fingerprint density at radius 1 is 1.06 bits per heavy atom. The van der Waals surface area contributed by atoms with Gasteiger partial charge in [0, 0.05) is 10.0 Å². The minimum absolute atomic E-state index is 0.331. The fourth-order valence-electron chi connectivity index (χ4n) is 1.99. The summed E-state index contributed by atoms with van der Waals surface area (Å²) in [6.45, 7) is 2.07. The van der Waals surface area contributed by atoms with Crippen LogP contribution in [0.25, 0.3) is 0 Å². The van der Waals surface area contributed by atoms with Crippen molar-refractivity contribution in [3.63, 3.8) is 0 Å². The second kappa shape index (κ2) is 5.03. The zero-order valence-corrected chi connectivity index (χ0v) is 11.4. The van der Waals surface area contributed by atoms with Gasteiger partial charge in [0.05, 0.1) is 0 Å². The van der Waals surface area contributed by atoms with Crippen LogP contribution in [0.4, 0.5) is 0 Å². The summed E-state index contributed by atoms with van der Waals surface area (Å²) in [7, 11) is 0. The van der Waals surface area contributed by atoms with E-state index in [0.717, 1.165) is 10.9 Å². The smallest absolute Gasteiger partial charge is 0.0421 e. The summed E-state index contributed by atoms with van der Waals surface area (Å²) in [6.07, 6.45) is 0.830. The molecule has 0 aliphatic rings. The molecule has 1 atom stereocenters. The summed E-state index contributed by atoms with van der Waals surface area (Å²) in [5, 5.41) is 0. The third kappa shape index (κ3) is 3.18. The number of benzene rings is 2. The lowest BCUT2D eigenvalue weighted by Crippen LogP contribution is -2.35. The van der Waals surface area contributed by atoms with Crippen molar-refractivity contribution in [2.45, 2.75) is 18.9 Å². The van der Waals surface area contributed by atoms with Crippen LogP contribution in [-0.2, 0) is 12.0 Å². The fraction of sp³-hybridized carbons (Fsp3) is 0.200. The van der Waals surface area contributed by atoms with E-state index in [1.807, 2.05) is 30.3 Å². The Labute approximate surface area is 111 Å². The normalized spacial score (nSPS) is 14.3. The van der Waals surface area contributed by atoms with Crippen molar-refractivity contribution in [3.05, 3.63) is 70.2 Å². The van der Waals surface area contributed by atoms with Crippen molar-refractivity contribution in [1.82, 2.24) is 0 Å². The molecule has 0 aliphatic heterocycles. The fourth-order valence-corrected chi connectivity index (χ4v) is 2.44. The maximum atomic E-state index is 6.40. The van der Waals surface area contributed by atoms with E-state index in [0.29, 0.717) is 0 Å². The second-order valence-electron chi connectivity index (χ2n) is 4.59. The van der Waals surface area contributed by atoms with Crippen LogP contribution in [0.2, 0.25) is 0 Å². The summed E-state index contributed by atoms with van der Waals surface area (Å²) in [6, 6.07) is 18.5. The molecule has 2 N–H and O–H groups in total. The van der Waals surface area contributed by atoms with E-state index in [4.69, 9.17) is 5.73 Å². The Hall–Kier alpha value is -1.12. The highest BCUT2D eigenvalue weighted by Gasteiger charge is 2.21. The molecule has 1 nitrogen and oxygen atoms in total. The standard InChI is InChI=1S/C15H16BrN/c1-15(17,13-7-3-2-4-8-13)11-12-6-5-9-14(16)10-12/h2-10H,11,17H2,1H3/t15-/m0/s1. The van der Waals surface area contributed by atoms with Crippen LogP contribution in [0.5, 0.6) is 0 Å². The molecule has 88 valence electrons. The van der Waals surface area contributed by atoms with Gasteiger partial charge in [-0.25, -0.2) is 0 Å². The molecule has 0 radical (unpaired) electrons. The van der Waals surface area contributed by atoms with Crippen molar-refractivity contribution in [2.75, 3.05) is 0 Å². The van der Waals surface area contributed by atoms with Crippen LogP contribution in [0.15, 0.2) is 59.1 Å². The Kier molecular flexibility index (Phi) is 3.65. The van der Waals surface area contributed by atoms with E-state index >= 15 is 0 Å². The summed E-state index contributed by atoms with van der Waals surface area (Å²) in [5.41, 5.74) is 8.48. The molecular weight excluding hydrogens is 274 g/mol. The third-order valence-corrected chi connectivity index (χ3v) is 3.39. The first-order valence-electron chi connectivity index (χ1n) is 5.67. The van der Waals surface area contributed by atoms with Crippen molar-refractivity contribution < 1.29 is 0 Å². The average molecular weight is 290 g/mol. The van der Waals surface area contributed by atoms with E-state index in [-0.39, 0.29) is 5.54 Å². The molecule has 0 aliphatic carbocycles. The predicted octanol–water partition coefficient (Wildman–Crippen LogP) is 3.87. The molecule has 2 aromatic carbocycles. The lowest BCUT2D eigenvalue weighted by molar-refractivity contribution is 0.491. The maximum absolute atomic E-state index is 6.40. The van der Waals surface area contributed by atoms with Gasteiger partial charge >= 0.3 is 0 Å². The lowest BCUT2D eigenvalue weighted by Gasteiger charge is -2.25. The molecule has 2 heteroatoms. The molecule has 0 saturated heterocycles. The Bertz CT molecular complexity index is 491. The van der Waals surface area contributed by atoms with Gasteiger partial charge in [0.15, 0.2) is 0 Å². The van der Waals surface area contributed by atoms with Gasteiger partial charge in [-0.2, -0.15) is 0 Å². The Morgan fingerprint density at radius 2 is 1.76 bits per heavy atom. The molecule has 0 aromatic heterocycles.